The highest BCUT2D eigenvalue weighted by molar-refractivity contribution is 7.89. The van der Waals surface area contributed by atoms with Gasteiger partial charge in [-0.05, 0) is 44.5 Å². The second-order valence-electron chi connectivity index (χ2n) is 6.47. The molecule has 0 fully saturated rings. The zero-order valence-corrected chi connectivity index (χ0v) is 17.3. The average molecular weight is 412 g/mol. The van der Waals surface area contributed by atoms with Crippen LogP contribution in [0.4, 0.5) is 0 Å². The van der Waals surface area contributed by atoms with Gasteiger partial charge in [0.15, 0.2) is 0 Å². The van der Waals surface area contributed by atoms with Gasteiger partial charge in [0.05, 0.1) is 16.4 Å². The van der Waals surface area contributed by atoms with Crippen molar-refractivity contribution in [1.29, 1.82) is 0 Å². The third-order valence-corrected chi connectivity index (χ3v) is 6.86. The lowest BCUT2D eigenvalue weighted by molar-refractivity contribution is 0.275. The SMILES string of the molecule is CCC[C@H](COS(=O)(=O)c1ccc(C)cc1)NS(=O)(=O)c1ccc(C)cc1. The van der Waals surface area contributed by atoms with Crippen molar-refractivity contribution in [3.05, 3.63) is 59.7 Å². The molecule has 0 amide bonds. The van der Waals surface area contributed by atoms with Gasteiger partial charge in [-0.3, -0.25) is 4.18 Å². The first-order valence-corrected chi connectivity index (χ1v) is 11.6. The largest absolute Gasteiger partial charge is 0.297 e. The van der Waals surface area contributed by atoms with E-state index in [1.165, 1.54) is 24.3 Å². The minimum absolute atomic E-state index is 0.0461. The normalized spacial score (nSPS) is 13.4. The summed E-state index contributed by atoms with van der Waals surface area (Å²) >= 11 is 0. The van der Waals surface area contributed by atoms with Crippen molar-refractivity contribution in [2.24, 2.45) is 0 Å². The molecule has 0 aliphatic rings. The van der Waals surface area contributed by atoms with Gasteiger partial charge < -0.3 is 0 Å². The zero-order valence-electron chi connectivity index (χ0n) is 15.7. The highest BCUT2D eigenvalue weighted by atomic mass is 32.2. The van der Waals surface area contributed by atoms with E-state index in [4.69, 9.17) is 4.18 Å². The molecule has 0 unspecified atom stereocenters. The maximum Gasteiger partial charge on any atom is 0.297 e. The lowest BCUT2D eigenvalue weighted by Crippen LogP contribution is -2.38. The van der Waals surface area contributed by atoms with E-state index in [9.17, 15) is 16.8 Å². The maximum absolute atomic E-state index is 12.5. The molecule has 2 aromatic rings. The molecule has 8 heteroatoms. The van der Waals surface area contributed by atoms with Crippen molar-refractivity contribution in [2.75, 3.05) is 6.61 Å². The average Bonchev–Trinajstić information content (AvgIpc) is 2.60. The Kier molecular flexibility index (Phi) is 7.16. The Morgan fingerprint density at radius 1 is 0.852 bits per heavy atom. The number of rotatable bonds is 9. The number of nitrogens with one attached hydrogen (secondary N) is 1. The lowest BCUT2D eigenvalue weighted by atomic mass is 10.2. The summed E-state index contributed by atoms with van der Waals surface area (Å²) in [5.41, 5.74) is 1.88. The van der Waals surface area contributed by atoms with Crippen LogP contribution in [0, 0.1) is 13.8 Å². The molecule has 0 saturated carbocycles. The lowest BCUT2D eigenvalue weighted by Gasteiger charge is -2.18. The van der Waals surface area contributed by atoms with Crippen LogP contribution in [-0.4, -0.2) is 29.5 Å². The van der Waals surface area contributed by atoms with Crippen LogP contribution in [0.3, 0.4) is 0 Å². The number of aryl methyl sites for hydroxylation is 2. The first-order chi connectivity index (χ1) is 12.6. The summed E-state index contributed by atoms with van der Waals surface area (Å²) in [6, 6.07) is 12.1. The molecule has 2 aromatic carbocycles. The molecule has 148 valence electrons. The molecule has 1 N–H and O–H groups in total. The predicted molar refractivity (Wildman–Crippen MR) is 105 cm³/mol. The maximum atomic E-state index is 12.5. The third kappa shape index (κ3) is 6.14. The van der Waals surface area contributed by atoms with Gasteiger partial charge in [0.1, 0.15) is 0 Å². The van der Waals surface area contributed by atoms with E-state index in [1.807, 2.05) is 20.8 Å². The van der Waals surface area contributed by atoms with Crippen LogP contribution >= 0.6 is 0 Å². The topological polar surface area (TPSA) is 89.5 Å². The standard InChI is InChI=1S/C19H25NO5S2/c1-4-5-17(20-26(21,22)18-10-6-15(2)7-11-18)14-25-27(23,24)19-12-8-16(3)9-13-19/h6-13,17,20H,4-5,14H2,1-3H3/t17-/m1/s1. The van der Waals surface area contributed by atoms with E-state index in [1.54, 1.807) is 24.3 Å². The molecular formula is C19H25NO5S2. The van der Waals surface area contributed by atoms with E-state index in [0.29, 0.717) is 12.8 Å². The van der Waals surface area contributed by atoms with Gasteiger partial charge in [-0.1, -0.05) is 48.7 Å². The van der Waals surface area contributed by atoms with Gasteiger partial charge in [0.25, 0.3) is 10.1 Å². The van der Waals surface area contributed by atoms with Crippen LogP contribution in [0.1, 0.15) is 30.9 Å². The summed E-state index contributed by atoms with van der Waals surface area (Å²) in [6.45, 7) is 5.35. The highest BCUT2D eigenvalue weighted by Crippen LogP contribution is 2.16. The number of benzene rings is 2. The van der Waals surface area contributed by atoms with Gasteiger partial charge in [-0.2, -0.15) is 8.42 Å². The van der Waals surface area contributed by atoms with Crippen molar-refractivity contribution in [1.82, 2.24) is 4.72 Å². The fourth-order valence-corrected chi connectivity index (χ4v) is 4.68. The van der Waals surface area contributed by atoms with Crippen molar-refractivity contribution in [3.63, 3.8) is 0 Å². The first kappa shape index (κ1) is 21.6. The fraction of sp³-hybridized carbons (Fsp3) is 0.368. The van der Waals surface area contributed by atoms with Crippen LogP contribution in [0.5, 0.6) is 0 Å². The summed E-state index contributed by atoms with van der Waals surface area (Å²) in [4.78, 5) is 0.181. The Labute approximate surface area is 161 Å². The molecule has 0 heterocycles. The predicted octanol–water partition coefficient (Wildman–Crippen LogP) is 3.16. The second-order valence-corrected chi connectivity index (χ2v) is 9.80. The van der Waals surface area contributed by atoms with E-state index >= 15 is 0 Å². The summed E-state index contributed by atoms with van der Waals surface area (Å²) < 4.78 is 57.4. The van der Waals surface area contributed by atoms with Gasteiger partial charge in [0, 0.05) is 6.04 Å². The molecule has 2 rings (SSSR count). The zero-order chi connectivity index (χ0) is 20.1. The first-order valence-electron chi connectivity index (χ1n) is 8.69. The van der Waals surface area contributed by atoms with Gasteiger partial charge in [-0.25, -0.2) is 13.1 Å². The summed E-state index contributed by atoms with van der Waals surface area (Å²) in [5, 5.41) is 0. The monoisotopic (exact) mass is 411 g/mol. The van der Waals surface area contributed by atoms with Gasteiger partial charge in [0.2, 0.25) is 10.0 Å². The van der Waals surface area contributed by atoms with Gasteiger partial charge >= 0.3 is 0 Å². The molecule has 0 aliphatic heterocycles. The van der Waals surface area contributed by atoms with Crippen LogP contribution < -0.4 is 4.72 Å². The van der Waals surface area contributed by atoms with E-state index < -0.39 is 26.2 Å². The number of sulfonamides is 1. The molecule has 0 saturated heterocycles. The Morgan fingerprint density at radius 2 is 1.33 bits per heavy atom. The smallest absolute Gasteiger partial charge is 0.265 e. The third-order valence-electron chi connectivity index (χ3n) is 4.02. The summed E-state index contributed by atoms with van der Waals surface area (Å²) in [5.74, 6) is 0. The Morgan fingerprint density at radius 3 is 1.81 bits per heavy atom. The van der Waals surface area contributed by atoms with E-state index in [0.717, 1.165) is 11.1 Å². The quantitative estimate of drug-likeness (QED) is 0.640. The molecular weight excluding hydrogens is 386 g/mol. The van der Waals surface area contributed by atoms with Crippen LogP contribution in [0.2, 0.25) is 0 Å². The second kappa shape index (κ2) is 8.97. The number of hydrogen-bond acceptors (Lipinski definition) is 5. The fourth-order valence-electron chi connectivity index (χ4n) is 2.47. The molecule has 0 radical (unpaired) electrons. The van der Waals surface area contributed by atoms with Crippen molar-refractivity contribution >= 4 is 20.1 Å². The molecule has 0 aliphatic carbocycles. The van der Waals surface area contributed by atoms with Crippen LogP contribution in [0.25, 0.3) is 0 Å². The van der Waals surface area contributed by atoms with E-state index in [-0.39, 0.29) is 16.4 Å². The molecule has 0 bridgehead atoms. The van der Waals surface area contributed by atoms with Crippen LogP contribution in [0.15, 0.2) is 58.3 Å². The van der Waals surface area contributed by atoms with E-state index in [2.05, 4.69) is 4.72 Å². The van der Waals surface area contributed by atoms with Crippen molar-refractivity contribution in [2.45, 2.75) is 49.4 Å². The molecule has 0 spiro atoms. The molecule has 27 heavy (non-hydrogen) atoms. The highest BCUT2D eigenvalue weighted by Gasteiger charge is 2.23. The Bertz CT molecular complexity index is 950. The molecule has 6 nitrogen and oxygen atoms in total. The molecule has 0 aromatic heterocycles. The summed E-state index contributed by atoms with van der Waals surface area (Å²) in [6.07, 6.45) is 1.13. The summed E-state index contributed by atoms with van der Waals surface area (Å²) in [7, 11) is -7.71. The Hall–Kier alpha value is -1.74. The Balaban J connectivity index is 2.10. The van der Waals surface area contributed by atoms with Crippen molar-refractivity contribution < 1.29 is 21.0 Å². The number of hydrogen-bond donors (Lipinski definition) is 1. The minimum atomic E-state index is -3.95. The van der Waals surface area contributed by atoms with Crippen LogP contribution in [-0.2, 0) is 24.3 Å². The van der Waals surface area contributed by atoms with Gasteiger partial charge in [-0.15, -0.1) is 0 Å². The molecule has 1 atom stereocenters. The minimum Gasteiger partial charge on any atom is -0.265 e. The van der Waals surface area contributed by atoms with Crippen molar-refractivity contribution in [3.8, 4) is 0 Å².